The maximum atomic E-state index is 9.89. The van der Waals surface area contributed by atoms with E-state index in [4.69, 9.17) is 0 Å². The predicted molar refractivity (Wildman–Crippen MR) is 74.9 cm³/mol. The van der Waals surface area contributed by atoms with Crippen LogP contribution in [0.15, 0.2) is 24.3 Å². The number of rotatable bonds is 2. The lowest BCUT2D eigenvalue weighted by molar-refractivity contribution is 0.447. The Kier molecular flexibility index (Phi) is 3.38. The van der Waals surface area contributed by atoms with Gasteiger partial charge in [0, 0.05) is 12.5 Å². The van der Waals surface area contributed by atoms with Crippen LogP contribution in [0.4, 0.5) is 0 Å². The molecule has 0 atom stereocenters. The normalized spacial score (nSPS) is 10.7. The molecule has 0 aromatic heterocycles. The van der Waals surface area contributed by atoms with Gasteiger partial charge in [0.25, 0.3) is 0 Å². The van der Waals surface area contributed by atoms with Gasteiger partial charge in [0.05, 0.1) is 0 Å². The summed E-state index contributed by atoms with van der Waals surface area (Å²) in [6.07, 6.45) is 0.569. The van der Waals surface area contributed by atoms with E-state index in [0.29, 0.717) is 12.2 Å². The molecule has 0 fully saturated rings. The molecule has 0 radical (unpaired) electrons. The van der Waals surface area contributed by atoms with E-state index >= 15 is 0 Å². The van der Waals surface area contributed by atoms with Crippen LogP contribution in [0.1, 0.15) is 27.8 Å². The summed E-state index contributed by atoms with van der Waals surface area (Å²) < 4.78 is 0. The molecule has 3 N–H and O–H groups in total. The summed E-state index contributed by atoms with van der Waals surface area (Å²) in [7, 11) is 0. The Labute approximate surface area is 112 Å². The lowest BCUT2D eigenvalue weighted by atomic mass is 9.94. The second kappa shape index (κ2) is 4.84. The molecule has 0 spiro atoms. The third-order valence-electron chi connectivity index (χ3n) is 3.61. The van der Waals surface area contributed by atoms with Crippen LogP contribution in [-0.2, 0) is 6.42 Å². The molecular weight excluding hydrogens is 240 g/mol. The molecule has 100 valence electrons. The highest BCUT2D eigenvalue weighted by Gasteiger charge is 2.11. The number of phenolic OH excluding ortho intramolecular Hbond substituents is 3. The number of aromatic hydroxyl groups is 3. The highest BCUT2D eigenvalue weighted by Crippen LogP contribution is 2.31. The molecule has 2 aromatic rings. The fraction of sp³-hybridized carbons (Fsp3) is 0.250. The van der Waals surface area contributed by atoms with Gasteiger partial charge in [-0.1, -0.05) is 12.1 Å². The van der Waals surface area contributed by atoms with Gasteiger partial charge in [-0.25, -0.2) is 0 Å². The minimum Gasteiger partial charge on any atom is -0.508 e. The molecule has 3 nitrogen and oxygen atoms in total. The van der Waals surface area contributed by atoms with Gasteiger partial charge in [-0.2, -0.15) is 0 Å². The zero-order valence-corrected chi connectivity index (χ0v) is 11.4. The first-order valence-corrected chi connectivity index (χ1v) is 6.19. The van der Waals surface area contributed by atoms with Crippen molar-refractivity contribution < 1.29 is 15.3 Å². The van der Waals surface area contributed by atoms with Crippen LogP contribution in [0.3, 0.4) is 0 Å². The summed E-state index contributed by atoms with van der Waals surface area (Å²) >= 11 is 0. The average molecular weight is 258 g/mol. The van der Waals surface area contributed by atoms with E-state index in [0.717, 1.165) is 27.8 Å². The quantitative estimate of drug-likeness (QED) is 0.774. The van der Waals surface area contributed by atoms with E-state index < -0.39 is 0 Å². The first-order valence-electron chi connectivity index (χ1n) is 6.19. The van der Waals surface area contributed by atoms with Crippen molar-refractivity contribution in [1.82, 2.24) is 0 Å². The minimum atomic E-state index is 0.0519. The summed E-state index contributed by atoms with van der Waals surface area (Å²) in [6.45, 7) is 5.71. The minimum absolute atomic E-state index is 0.0519. The first-order chi connectivity index (χ1) is 8.90. The summed E-state index contributed by atoms with van der Waals surface area (Å²) in [6, 6.07) is 6.54. The fourth-order valence-electron chi connectivity index (χ4n) is 2.24. The average Bonchev–Trinajstić information content (AvgIpc) is 2.36. The molecule has 2 aromatic carbocycles. The Balaban J connectivity index is 2.44. The van der Waals surface area contributed by atoms with E-state index in [1.54, 1.807) is 12.1 Å². The largest absolute Gasteiger partial charge is 0.508 e. The molecule has 0 amide bonds. The molecule has 0 unspecified atom stereocenters. The van der Waals surface area contributed by atoms with Crippen LogP contribution in [0.5, 0.6) is 17.2 Å². The number of hydrogen-bond donors (Lipinski definition) is 3. The fourth-order valence-corrected chi connectivity index (χ4v) is 2.24. The van der Waals surface area contributed by atoms with Crippen LogP contribution in [0, 0.1) is 20.8 Å². The van der Waals surface area contributed by atoms with Crippen molar-refractivity contribution in [3.8, 4) is 17.2 Å². The molecule has 3 heteroatoms. The van der Waals surface area contributed by atoms with Crippen molar-refractivity contribution in [3.63, 3.8) is 0 Å². The van der Waals surface area contributed by atoms with Gasteiger partial charge >= 0.3 is 0 Å². The van der Waals surface area contributed by atoms with E-state index in [1.807, 2.05) is 26.8 Å². The lowest BCUT2D eigenvalue weighted by Crippen LogP contribution is -1.97. The summed E-state index contributed by atoms with van der Waals surface area (Å²) in [5.74, 6) is 0.468. The standard InChI is InChI=1S/C16H18O3/c1-9-6-13(10(2)11(3)16(9)19)7-12-4-5-14(17)8-15(12)18/h4-6,8,17-19H,7H2,1-3H3. The summed E-state index contributed by atoms with van der Waals surface area (Å²) in [4.78, 5) is 0. The number of hydrogen-bond acceptors (Lipinski definition) is 3. The maximum absolute atomic E-state index is 9.89. The highest BCUT2D eigenvalue weighted by molar-refractivity contribution is 5.50. The SMILES string of the molecule is Cc1cc(Cc2ccc(O)cc2O)c(C)c(C)c1O. The van der Waals surface area contributed by atoms with Crippen molar-refractivity contribution in [3.05, 3.63) is 52.1 Å². The second-order valence-electron chi connectivity index (χ2n) is 4.94. The topological polar surface area (TPSA) is 60.7 Å². The summed E-state index contributed by atoms with van der Waals surface area (Å²) in [5.41, 5.74) is 4.54. The number of aryl methyl sites for hydroxylation is 1. The molecule has 0 saturated carbocycles. The van der Waals surface area contributed by atoms with Crippen molar-refractivity contribution >= 4 is 0 Å². The second-order valence-corrected chi connectivity index (χ2v) is 4.94. The molecule has 0 heterocycles. The van der Waals surface area contributed by atoms with Gasteiger partial charge in [0.2, 0.25) is 0 Å². The summed E-state index contributed by atoms with van der Waals surface area (Å²) in [5, 5.41) is 29.0. The molecular formula is C16H18O3. The van der Waals surface area contributed by atoms with Gasteiger partial charge in [-0.15, -0.1) is 0 Å². The van der Waals surface area contributed by atoms with E-state index in [2.05, 4.69) is 0 Å². The maximum Gasteiger partial charge on any atom is 0.122 e. The Morgan fingerprint density at radius 3 is 2.16 bits per heavy atom. The Hall–Kier alpha value is -2.16. The van der Waals surface area contributed by atoms with Crippen LogP contribution in [0.2, 0.25) is 0 Å². The van der Waals surface area contributed by atoms with Crippen LogP contribution in [0.25, 0.3) is 0 Å². The van der Waals surface area contributed by atoms with Gasteiger partial charge in [0.1, 0.15) is 17.2 Å². The molecule has 2 rings (SSSR count). The van der Waals surface area contributed by atoms with Gasteiger partial charge in [-0.05, 0) is 54.7 Å². The van der Waals surface area contributed by atoms with E-state index in [-0.39, 0.29) is 11.5 Å². The highest BCUT2D eigenvalue weighted by atomic mass is 16.3. The zero-order valence-electron chi connectivity index (χ0n) is 11.4. The van der Waals surface area contributed by atoms with Crippen molar-refractivity contribution in [2.75, 3.05) is 0 Å². The first kappa shape index (κ1) is 13.3. The van der Waals surface area contributed by atoms with Crippen molar-refractivity contribution in [1.29, 1.82) is 0 Å². The Morgan fingerprint density at radius 1 is 0.842 bits per heavy atom. The number of phenols is 3. The van der Waals surface area contributed by atoms with E-state index in [1.165, 1.54) is 6.07 Å². The molecule has 19 heavy (non-hydrogen) atoms. The molecule has 0 aliphatic heterocycles. The van der Waals surface area contributed by atoms with Gasteiger partial charge in [-0.3, -0.25) is 0 Å². The van der Waals surface area contributed by atoms with Gasteiger partial charge < -0.3 is 15.3 Å². The lowest BCUT2D eigenvalue weighted by Gasteiger charge is -2.14. The third-order valence-corrected chi connectivity index (χ3v) is 3.61. The van der Waals surface area contributed by atoms with Crippen molar-refractivity contribution in [2.24, 2.45) is 0 Å². The molecule has 0 aliphatic rings. The Bertz CT molecular complexity index is 630. The molecule has 0 aliphatic carbocycles. The third kappa shape index (κ3) is 2.50. The predicted octanol–water partition coefficient (Wildman–Crippen LogP) is 3.32. The smallest absolute Gasteiger partial charge is 0.122 e. The van der Waals surface area contributed by atoms with Crippen LogP contribution in [-0.4, -0.2) is 15.3 Å². The van der Waals surface area contributed by atoms with Gasteiger partial charge in [0.15, 0.2) is 0 Å². The zero-order chi connectivity index (χ0) is 14.2. The number of benzene rings is 2. The Morgan fingerprint density at radius 2 is 1.53 bits per heavy atom. The van der Waals surface area contributed by atoms with Crippen molar-refractivity contribution in [2.45, 2.75) is 27.2 Å². The van der Waals surface area contributed by atoms with Crippen LogP contribution < -0.4 is 0 Å². The molecule has 0 bridgehead atoms. The molecule has 0 saturated heterocycles. The van der Waals surface area contributed by atoms with E-state index in [9.17, 15) is 15.3 Å². The monoisotopic (exact) mass is 258 g/mol. The van der Waals surface area contributed by atoms with Crippen LogP contribution >= 0.6 is 0 Å².